The highest BCUT2D eigenvalue weighted by molar-refractivity contribution is 7.33. The molecule has 0 spiro atoms. The molecule has 0 N–H and O–H groups in total. The molecule has 0 aliphatic heterocycles. The lowest BCUT2D eigenvalue weighted by Crippen LogP contribution is -1.81. The average molecular weight is 206 g/mol. The number of hydrogen-bond acceptors (Lipinski definition) is 3. The second kappa shape index (κ2) is 9.97. The first kappa shape index (κ1) is 12.9. The van der Waals surface area contributed by atoms with Crippen LogP contribution < -0.4 is 0 Å². The second-order valence-corrected chi connectivity index (χ2v) is 3.60. The van der Waals surface area contributed by atoms with Crippen molar-refractivity contribution in [3.05, 3.63) is 12.2 Å². The Morgan fingerprint density at radius 2 is 1.62 bits per heavy atom. The highest BCUT2D eigenvalue weighted by Gasteiger charge is 1.91. The fourth-order valence-corrected chi connectivity index (χ4v) is 1.42. The molecule has 0 heterocycles. The van der Waals surface area contributed by atoms with E-state index in [1.54, 1.807) is 13.8 Å². The molecule has 0 atom stereocenters. The van der Waals surface area contributed by atoms with E-state index < -0.39 is 8.25 Å². The summed E-state index contributed by atoms with van der Waals surface area (Å²) in [6, 6.07) is 0. The highest BCUT2D eigenvalue weighted by atomic mass is 31.1. The smallest absolute Gasteiger partial charge is 0.311 e. The van der Waals surface area contributed by atoms with Gasteiger partial charge in [-0.25, -0.2) is 0 Å². The molecule has 1 aliphatic rings. The van der Waals surface area contributed by atoms with Gasteiger partial charge < -0.3 is 9.05 Å². The van der Waals surface area contributed by atoms with Gasteiger partial charge in [-0.1, -0.05) is 12.2 Å². The lowest BCUT2D eigenvalue weighted by atomic mass is 10.4. The largest absolute Gasteiger partial charge is 0.319 e. The lowest BCUT2D eigenvalue weighted by molar-refractivity contribution is 0.243. The van der Waals surface area contributed by atoms with Gasteiger partial charge >= 0.3 is 8.25 Å². The zero-order valence-corrected chi connectivity index (χ0v) is 9.41. The molecule has 0 saturated carbocycles. The molecule has 0 amide bonds. The minimum atomic E-state index is -2.14. The van der Waals surface area contributed by atoms with Crippen LogP contribution in [0.4, 0.5) is 0 Å². The molecule has 0 bridgehead atoms. The summed E-state index contributed by atoms with van der Waals surface area (Å²) in [6.45, 7) is 4.47. The van der Waals surface area contributed by atoms with Gasteiger partial charge in [-0.3, -0.25) is 4.57 Å². The van der Waals surface area contributed by atoms with E-state index in [1.165, 1.54) is 19.3 Å². The van der Waals surface area contributed by atoms with Gasteiger partial charge in [0.2, 0.25) is 0 Å². The van der Waals surface area contributed by atoms with Crippen molar-refractivity contribution >= 4 is 8.25 Å². The van der Waals surface area contributed by atoms with Gasteiger partial charge in [0, 0.05) is 0 Å². The Kier molecular flexibility index (Phi) is 9.89. The molecule has 1 aliphatic carbocycles. The highest BCUT2D eigenvalue weighted by Crippen LogP contribution is 2.21. The SMILES string of the molecule is C1=CCCC1.CCO[PH](=O)OCC. The van der Waals surface area contributed by atoms with E-state index in [-0.39, 0.29) is 0 Å². The summed E-state index contributed by atoms with van der Waals surface area (Å²) < 4.78 is 19.6. The molecule has 78 valence electrons. The predicted octanol–water partition coefficient (Wildman–Crippen LogP) is 3.18. The quantitative estimate of drug-likeness (QED) is 0.523. The van der Waals surface area contributed by atoms with E-state index >= 15 is 0 Å². The topological polar surface area (TPSA) is 35.5 Å². The molecule has 0 aromatic rings. The van der Waals surface area contributed by atoms with E-state index in [9.17, 15) is 4.57 Å². The summed E-state index contributed by atoms with van der Waals surface area (Å²) in [5, 5.41) is 0. The van der Waals surface area contributed by atoms with Gasteiger partial charge in [0.15, 0.2) is 0 Å². The molecule has 0 aromatic heterocycles. The van der Waals surface area contributed by atoms with Gasteiger partial charge in [-0.2, -0.15) is 0 Å². The van der Waals surface area contributed by atoms with Crippen LogP contribution in [0.5, 0.6) is 0 Å². The Hall–Kier alpha value is -0.110. The van der Waals surface area contributed by atoms with Crippen molar-refractivity contribution in [2.45, 2.75) is 33.1 Å². The van der Waals surface area contributed by atoms with E-state index in [4.69, 9.17) is 0 Å². The summed E-state index contributed by atoms with van der Waals surface area (Å²) in [6.07, 6.45) is 8.50. The van der Waals surface area contributed by atoms with Crippen LogP contribution in [0.15, 0.2) is 12.2 Å². The third kappa shape index (κ3) is 9.81. The number of allylic oxidation sites excluding steroid dienone is 2. The molecular weight excluding hydrogens is 187 g/mol. The fraction of sp³-hybridized carbons (Fsp3) is 0.778. The third-order valence-electron chi connectivity index (χ3n) is 1.43. The first-order valence-electron chi connectivity index (χ1n) is 4.75. The summed E-state index contributed by atoms with van der Waals surface area (Å²) in [5.74, 6) is 0. The normalized spacial score (nSPS) is 14.4. The van der Waals surface area contributed by atoms with Crippen molar-refractivity contribution in [2.24, 2.45) is 0 Å². The average Bonchev–Trinajstić information content (AvgIpc) is 2.61. The lowest BCUT2D eigenvalue weighted by Gasteiger charge is -1.97. The fourth-order valence-electron chi connectivity index (χ4n) is 0.867. The molecule has 0 unspecified atom stereocenters. The summed E-state index contributed by atoms with van der Waals surface area (Å²) in [5.41, 5.74) is 0. The van der Waals surface area contributed by atoms with Gasteiger partial charge in [0.1, 0.15) is 0 Å². The Balaban J connectivity index is 0.000000243. The standard InChI is InChI=1S/C5H8.C4H11O3P/c1-2-4-5-3-1;1-3-6-8(5)7-4-2/h1-2H,3-5H2;8H,3-4H2,1-2H3. The third-order valence-corrected chi connectivity index (χ3v) is 2.48. The molecule has 0 aromatic carbocycles. The Morgan fingerprint density at radius 1 is 1.15 bits per heavy atom. The van der Waals surface area contributed by atoms with E-state index in [1.807, 2.05) is 0 Å². The van der Waals surface area contributed by atoms with Gasteiger partial charge in [0.25, 0.3) is 0 Å². The molecule has 0 fully saturated rings. The molecule has 13 heavy (non-hydrogen) atoms. The van der Waals surface area contributed by atoms with Crippen LogP contribution in [0.3, 0.4) is 0 Å². The van der Waals surface area contributed by atoms with Crippen molar-refractivity contribution in [3.8, 4) is 0 Å². The Morgan fingerprint density at radius 3 is 1.85 bits per heavy atom. The molecule has 0 radical (unpaired) electrons. The summed E-state index contributed by atoms with van der Waals surface area (Å²) in [7, 11) is -2.14. The molecule has 4 heteroatoms. The van der Waals surface area contributed by atoms with Crippen molar-refractivity contribution in [1.29, 1.82) is 0 Å². The number of rotatable bonds is 4. The predicted molar refractivity (Wildman–Crippen MR) is 55.2 cm³/mol. The summed E-state index contributed by atoms with van der Waals surface area (Å²) in [4.78, 5) is 0. The Bertz CT molecular complexity index is 143. The van der Waals surface area contributed by atoms with Crippen LogP contribution in [-0.4, -0.2) is 13.2 Å². The van der Waals surface area contributed by atoms with Crippen LogP contribution in [0.1, 0.15) is 33.1 Å². The molecule has 1 rings (SSSR count). The zero-order chi connectivity index (χ0) is 9.94. The molecule has 3 nitrogen and oxygen atoms in total. The van der Waals surface area contributed by atoms with Crippen LogP contribution in [0, 0.1) is 0 Å². The van der Waals surface area contributed by atoms with Crippen LogP contribution in [0.25, 0.3) is 0 Å². The van der Waals surface area contributed by atoms with Gasteiger partial charge in [-0.15, -0.1) is 0 Å². The number of hydrogen-bond donors (Lipinski definition) is 0. The summed E-state index contributed by atoms with van der Waals surface area (Å²) >= 11 is 0. The first-order chi connectivity index (χ1) is 6.31. The van der Waals surface area contributed by atoms with Crippen LogP contribution in [-0.2, 0) is 13.6 Å². The monoisotopic (exact) mass is 206 g/mol. The van der Waals surface area contributed by atoms with E-state index in [2.05, 4.69) is 21.2 Å². The molecule has 0 saturated heterocycles. The van der Waals surface area contributed by atoms with Crippen LogP contribution in [0.2, 0.25) is 0 Å². The van der Waals surface area contributed by atoms with Crippen molar-refractivity contribution in [3.63, 3.8) is 0 Å². The maximum atomic E-state index is 10.4. The van der Waals surface area contributed by atoms with Crippen molar-refractivity contribution < 1.29 is 13.6 Å². The second-order valence-electron chi connectivity index (χ2n) is 2.52. The first-order valence-corrected chi connectivity index (χ1v) is 5.98. The van der Waals surface area contributed by atoms with Crippen LogP contribution >= 0.6 is 8.25 Å². The van der Waals surface area contributed by atoms with Crippen molar-refractivity contribution in [2.75, 3.05) is 13.2 Å². The Labute approximate surface area is 81.1 Å². The van der Waals surface area contributed by atoms with Gasteiger partial charge in [-0.05, 0) is 33.1 Å². The zero-order valence-electron chi connectivity index (χ0n) is 8.41. The van der Waals surface area contributed by atoms with Gasteiger partial charge in [0.05, 0.1) is 13.2 Å². The van der Waals surface area contributed by atoms with E-state index in [0.717, 1.165) is 0 Å². The van der Waals surface area contributed by atoms with E-state index in [0.29, 0.717) is 13.2 Å². The van der Waals surface area contributed by atoms with Crippen molar-refractivity contribution in [1.82, 2.24) is 0 Å². The minimum absolute atomic E-state index is 0.456. The minimum Gasteiger partial charge on any atom is -0.311 e. The maximum Gasteiger partial charge on any atom is 0.319 e. The maximum absolute atomic E-state index is 10.4. The molecular formula is C9H19O3P.